The van der Waals surface area contributed by atoms with E-state index in [0.29, 0.717) is 38.2 Å². The Morgan fingerprint density at radius 3 is 2.33 bits per heavy atom. The summed E-state index contributed by atoms with van der Waals surface area (Å²) in [5.41, 5.74) is 0.433. The SMILES string of the molecule is COC(=O)Nc1ccc(S(=O)(=O)N2CCC[C@@H](C(=O)N3C[C@@H](C)O[C@@H](C)C3)C2)cc1. The number of sulfonamides is 1. The second kappa shape index (κ2) is 9.32. The minimum absolute atomic E-state index is 0.00507. The Morgan fingerprint density at radius 1 is 1.10 bits per heavy atom. The molecule has 166 valence electrons. The highest BCUT2D eigenvalue weighted by molar-refractivity contribution is 7.89. The first-order valence-electron chi connectivity index (χ1n) is 10.1. The van der Waals surface area contributed by atoms with Gasteiger partial charge >= 0.3 is 6.09 Å². The molecule has 9 nitrogen and oxygen atoms in total. The molecule has 0 unspecified atom stereocenters. The summed E-state index contributed by atoms with van der Waals surface area (Å²) < 4.78 is 37.8. The Labute approximate surface area is 177 Å². The second-order valence-corrected chi connectivity index (χ2v) is 9.78. The monoisotopic (exact) mass is 439 g/mol. The van der Waals surface area contributed by atoms with Crippen LogP contribution in [0.25, 0.3) is 0 Å². The van der Waals surface area contributed by atoms with E-state index in [0.717, 1.165) is 0 Å². The van der Waals surface area contributed by atoms with E-state index in [1.807, 2.05) is 13.8 Å². The smallest absolute Gasteiger partial charge is 0.411 e. The fourth-order valence-electron chi connectivity index (χ4n) is 4.01. The van der Waals surface area contributed by atoms with E-state index in [9.17, 15) is 18.0 Å². The molecule has 10 heteroatoms. The third-order valence-electron chi connectivity index (χ3n) is 5.39. The van der Waals surface area contributed by atoms with Crippen LogP contribution in [-0.2, 0) is 24.3 Å². The van der Waals surface area contributed by atoms with Gasteiger partial charge in [-0.2, -0.15) is 4.31 Å². The highest BCUT2D eigenvalue weighted by Gasteiger charge is 2.36. The predicted molar refractivity (Wildman–Crippen MR) is 111 cm³/mol. The van der Waals surface area contributed by atoms with Crippen LogP contribution in [0.1, 0.15) is 26.7 Å². The van der Waals surface area contributed by atoms with E-state index < -0.39 is 16.1 Å². The van der Waals surface area contributed by atoms with Crippen LogP contribution >= 0.6 is 0 Å². The van der Waals surface area contributed by atoms with Crippen molar-refractivity contribution in [3.63, 3.8) is 0 Å². The number of methoxy groups -OCH3 is 1. The summed E-state index contributed by atoms with van der Waals surface area (Å²) >= 11 is 0. The van der Waals surface area contributed by atoms with E-state index in [1.54, 1.807) is 4.90 Å². The highest BCUT2D eigenvalue weighted by atomic mass is 32.2. The van der Waals surface area contributed by atoms with E-state index in [-0.39, 0.29) is 35.5 Å². The number of nitrogens with zero attached hydrogens (tertiary/aromatic N) is 2. The number of rotatable bonds is 4. The largest absolute Gasteiger partial charge is 0.453 e. The minimum Gasteiger partial charge on any atom is -0.453 e. The van der Waals surface area contributed by atoms with Gasteiger partial charge in [0.25, 0.3) is 0 Å². The molecule has 1 aromatic carbocycles. The zero-order valence-electron chi connectivity index (χ0n) is 17.5. The standard InChI is InChI=1S/C20H29N3O6S/c1-14-11-22(12-15(2)29-14)19(24)16-5-4-10-23(13-16)30(26,27)18-8-6-17(7-9-18)21-20(25)28-3/h6-9,14-16H,4-5,10-13H2,1-3H3,(H,21,25)/t14-,15+,16-/m1/s1. The van der Waals surface area contributed by atoms with Crippen molar-refractivity contribution in [2.75, 3.05) is 38.6 Å². The van der Waals surface area contributed by atoms with Crippen LogP contribution < -0.4 is 5.32 Å². The molecule has 2 fully saturated rings. The van der Waals surface area contributed by atoms with Crippen molar-refractivity contribution < 1.29 is 27.5 Å². The number of piperidine rings is 1. The van der Waals surface area contributed by atoms with Gasteiger partial charge in [0.05, 0.1) is 30.1 Å². The van der Waals surface area contributed by atoms with Gasteiger partial charge in [-0.05, 0) is 51.0 Å². The van der Waals surface area contributed by atoms with Gasteiger partial charge in [-0.25, -0.2) is 13.2 Å². The molecule has 0 radical (unpaired) electrons. The van der Waals surface area contributed by atoms with Gasteiger partial charge in [0.2, 0.25) is 15.9 Å². The molecule has 0 bridgehead atoms. The van der Waals surface area contributed by atoms with Crippen LogP contribution in [-0.4, -0.2) is 75.1 Å². The molecule has 0 spiro atoms. The first-order chi connectivity index (χ1) is 14.2. The molecule has 0 aliphatic carbocycles. The predicted octanol–water partition coefficient (Wildman–Crippen LogP) is 1.90. The Kier molecular flexibility index (Phi) is 6.99. The van der Waals surface area contributed by atoms with Crippen molar-refractivity contribution in [1.82, 2.24) is 9.21 Å². The lowest BCUT2D eigenvalue weighted by atomic mass is 9.97. The lowest BCUT2D eigenvalue weighted by molar-refractivity contribution is -0.148. The Morgan fingerprint density at radius 2 is 1.73 bits per heavy atom. The summed E-state index contributed by atoms with van der Waals surface area (Å²) in [7, 11) is -2.49. The number of ether oxygens (including phenoxy) is 2. The fraction of sp³-hybridized carbons (Fsp3) is 0.600. The molecule has 1 N–H and O–H groups in total. The topological polar surface area (TPSA) is 105 Å². The first kappa shape index (κ1) is 22.5. The minimum atomic E-state index is -3.74. The van der Waals surface area contributed by atoms with Crippen molar-refractivity contribution in [2.45, 2.75) is 43.8 Å². The number of morpholine rings is 1. The number of carbonyl (C=O) groups is 2. The summed E-state index contributed by atoms with van der Waals surface area (Å²) in [5.74, 6) is -0.360. The fourth-order valence-corrected chi connectivity index (χ4v) is 5.53. The molecule has 3 atom stereocenters. The number of anilines is 1. The van der Waals surface area contributed by atoms with Gasteiger partial charge in [0.15, 0.2) is 0 Å². The van der Waals surface area contributed by atoms with Crippen molar-refractivity contribution in [3.05, 3.63) is 24.3 Å². The Balaban J connectivity index is 1.69. The number of hydrogen-bond donors (Lipinski definition) is 1. The Hall–Kier alpha value is -2.17. The van der Waals surface area contributed by atoms with Crippen LogP contribution in [0.3, 0.4) is 0 Å². The quantitative estimate of drug-likeness (QED) is 0.768. The summed E-state index contributed by atoms with van der Waals surface area (Å²) in [6.07, 6.45) is 0.617. The molecule has 2 aliphatic rings. The lowest BCUT2D eigenvalue weighted by Crippen LogP contribution is -2.53. The first-order valence-corrected chi connectivity index (χ1v) is 11.5. The van der Waals surface area contributed by atoms with Gasteiger partial charge < -0.3 is 14.4 Å². The maximum absolute atomic E-state index is 13.1. The van der Waals surface area contributed by atoms with Crippen LogP contribution in [0, 0.1) is 5.92 Å². The molecular formula is C20H29N3O6S. The van der Waals surface area contributed by atoms with Crippen LogP contribution in [0.5, 0.6) is 0 Å². The van der Waals surface area contributed by atoms with Crippen molar-refractivity contribution in [1.29, 1.82) is 0 Å². The molecule has 1 aromatic rings. The molecule has 2 heterocycles. The number of hydrogen-bond acceptors (Lipinski definition) is 6. The van der Waals surface area contributed by atoms with Crippen molar-refractivity contribution in [2.24, 2.45) is 5.92 Å². The molecule has 2 amide bonds. The molecule has 3 rings (SSSR count). The van der Waals surface area contributed by atoms with Crippen molar-refractivity contribution >= 4 is 27.7 Å². The van der Waals surface area contributed by atoms with Gasteiger partial charge in [0, 0.05) is 31.9 Å². The zero-order chi connectivity index (χ0) is 21.9. The number of carbonyl (C=O) groups excluding carboxylic acids is 2. The van der Waals surface area contributed by atoms with Crippen LogP contribution in [0.2, 0.25) is 0 Å². The molecule has 30 heavy (non-hydrogen) atoms. The normalized spacial score (nSPS) is 25.6. The van der Waals surface area contributed by atoms with Gasteiger partial charge in [-0.1, -0.05) is 0 Å². The van der Waals surface area contributed by atoms with Gasteiger partial charge in [-0.3, -0.25) is 10.1 Å². The number of nitrogens with one attached hydrogen (secondary N) is 1. The average Bonchev–Trinajstić information content (AvgIpc) is 2.73. The third-order valence-corrected chi connectivity index (χ3v) is 7.27. The van der Waals surface area contributed by atoms with E-state index >= 15 is 0 Å². The summed E-state index contributed by atoms with van der Waals surface area (Å²) in [6, 6.07) is 5.90. The molecule has 2 saturated heterocycles. The maximum atomic E-state index is 13.1. The Bertz CT molecular complexity index is 863. The lowest BCUT2D eigenvalue weighted by Gasteiger charge is -2.39. The number of amides is 2. The van der Waals surface area contributed by atoms with Crippen LogP contribution in [0.4, 0.5) is 10.5 Å². The zero-order valence-corrected chi connectivity index (χ0v) is 18.4. The molecule has 2 aliphatic heterocycles. The molecule has 0 aromatic heterocycles. The average molecular weight is 440 g/mol. The maximum Gasteiger partial charge on any atom is 0.411 e. The van der Waals surface area contributed by atoms with E-state index in [2.05, 4.69) is 10.1 Å². The molecular weight excluding hydrogens is 410 g/mol. The van der Waals surface area contributed by atoms with Gasteiger partial charge in [-0.15, -0.1) is 0 Å². The van der Waals surface area contributed by atoms with E-state index in [1.165, 1.54) is 35.7 Å². The summed E-state index contributed by atoms with van der Waals surface area (Å²) in [6.45, 7) is 5.48. The molecule has 0 saturated carbocycles. The van der Waals surface area contributed by atoms with Crippen molar-refractivity contribution in [3.8, 4) is 0 Å². The number of benzene rings is 1. The highest BCUT2D eigenvalue weighted by Crippen LogP contribution is 2.27. The van der Waals surface area contributed by atoms with Crippen LogP contribution in [0.15, 0.2) is 29.2 Å². The summed E-state index contributed by atoms with van der Waals surface area (Å²) in [5, 5.41) is 2.49. The second-order valence-electron chi connectivity index (χ2n) is 7.84. The van der Waals surface area contributed by atoms with E-state index in [4.69, 9.17) is 4.74 Å². The third kappa shape index (κ3) is 5.11. The van der Waals surface area contributed by atoms with Gasteiger partial charge in [0.1, 0.15) is 0 Å². The summed E-state index contributed by atoms with van der Waals surface area (Å²) in [4.78, 5) is 26.2.